The molecule has 21 heavy (non-hydrogen) atoms. The molecule has 0 atom stereocenters. The highest BCUT2D eigenvalue weighted by atomic mass is 19.4. The predicted molar refractivity (Wildman–Crippen MR) is 76.4 cm³/mol. The van der Waals surface area contributed by atoms with Gasteiger partial charge in [0, 0.05) is 25.7 Å². The van der Waals surface area contributed by atoms with Gasteiger partial charge in [-0.05, 0) is 32.1 Å². The molecule has 118 valence electrons. The summed E-state index contributed by atoms with van der Waals surface area (Å²) in [5.41, 5.74) is 0. The molecule has 1 heterocycles. The van der Waals surface area contributed by atoms with Crippen molar-refractivity contribution in [2.75, 3.05) is 29.9 Å². The number of alkyl halides is 3. The number of nitrogens with one attached hydrogen (secondary N) is 1. The van der Waals surface area contributed by atoms with Crippen molar-refractivity contribution in [2.24, 2.45) is 5.92 Å². The van der Waals surface area contributed by atoms with Crippen LogP contribution in [0.15, 0.2) is 6.07 Å². The van der Waals surface area contributed by atoms with Crippen LogP contribution in [0.3, 0.4) is 0 Å². The number of anilines is 2. The third kappa shape index (κ3) is 4.47. The van der Waals surface area contributed by atoms with Crippen LogP contribution in [0, 0.1) is 5.92 Å². The second kappa shape index (κ2) is 6.49. The van der Waals surface area contributed by atoms with Gasteiger partial charge in [0.05, 0.1) is 0 Å². The van der Waals surface area contributed by atoms with E-state index in [1.165, 1.54) is 0 Å². The smallest absolute Gasteiger partial charge is 0.370 e. The molecule has 2 rings (SSSR count). The summed E-state index contributed by atoms with van der Waals surface area (Å²) in [7, 11) is 0. The lowest BCUT2D eigenvalue weighted by Gasteiger charge is -2.24. The van der Waals surface area contributed by atoms with Crippen LogP contribution in [0.1, 0.15) is 38.9 Å². The zero-order valence-electron chi connectivity index (χ0n) is 12.4. The molecule has 0 aliphatic heterocycles. The van der Waals surface area contributed by atoms with Crippen LogP contribution in [0.5, 0.6) is 0 Å². The minimum absolute atomic E-state index is 0.228. The standard InChI is InChI=1S/C14H21F3N4/c1-3-7-21(9-10-5-6-10)12-8-11(18-4-2)19-13(20-12)14(15,16)17/h8,10H,3-7,9H2,1-2H3,(H,18,19,20). The number of aromatic nitrogens is 2. The molecule has 0 spiro atoms. The third-order valence-corrected chi connectivity index (χ3v) is 3.32. The lowest BCUT2D eigenvalue weighted by molar-refractivity contribution is -0.144. The van der Waals surface area contributed by atoms with Gasteiger partial charge in [0.15, 0.2) is 0 Å². The Bertz CT molecular complexity index is 472. The molecule has 1 aromatic rings. The van der Waals surface area contributed by atoms with Gasteiger partial charge in [0.25, 0.3) is 0 Å². The minimum atomic E-state index is -4.53. The van der Waals surface area contributed by atoms with Crippen LogP contribution in [0.4, 0.5) is 24.8 Å². The van der Waals surface area contributed by atoms with E-state index in [1.54, 1.807) is 6.07 Å². The second-order valence-corrected chi connectivity index (χ2v) is 5.35. The van der Waals surface area contributed by atoms with Crippen molar-refractivity contribution >= 4 is 11.6 Å². The Balaban J connectivity index is 2.31. The first kappa shape index (κ1) is 15.9. The summed E-state index contributed by atoms with van der Waals surface area (Å²) in [5, 5.41) is 2.85. The quantitative estimate of drug-likeness (QED) is 0.836. The van der Waals surface area contributed by atoms with Gasteiger partial charge in [0.1, 0.15) is 11.6 Å². The first-order valence-corrected chi connectivity index (χ1v) is 7.39. The van der Waals surface area contributed by atoms with Gasteiger partial charge in [-0.2, -0.15) is 13.2 Å². The first-order valence-electron chi connectivity index (χ1n) is 7.39. The number of halogens is 3. The van der Waals surface area contributed by atoms with E-state index in [1.807, 2.05) is 18.7 Å². The normalized spacial score (nSPS) is 15.1. The summed E-state index contributed by atoms with van der Waals surface area (Å²) in [4.78, 5) is 9.23. The molecule has 7 heteroatoms. The van der Waals surface area contributed by atoms with Gasteiger partial charge in [-0.25, -0.2) is 9.97 Å². The molecule has 0 bridgehead atoms. The topological polar surface area (TPSA) is 41.0 Å². The lowest BCUT2D eigenvalue weighted by atomic mass is 10.3. The Morgan fingerprint density at radius 1 is 1.29 bits per heavy atom. The molecule has 1 aromatic heterocycles. The molecule has 0 saturated heterocycles. The molecule has 1 N–H and O–H groups in total. The molecule has 1 fully saturated rings. The van der Waals surface area contributed by atoms with Crippen LogP contribution in [0.25, 0.3) is 0 Å². The highest BCUT2D eigenvalue weighted by Crippen LogP contribution is 2.33. The van der Waals surface area contributed by atoms with E-state index in [-0.39, 0.29) is 5.82 Å². The second-order valence-electron chi connectivity index (χ2n) is 5.35. The molecule has 0 aromatic carbocycles. The van der Waals surface area contributed by atoms with E-state index in [0.717, 1.165) is 25.8 Å². The minimum Gasteiger partial charge on any atom is -0.370 e. The van der Waals surface area contributed by atoms with E-state index in [0.29, 0.717) is 24.8 Å². The van der Waals surface area contributed by atoms with Crippen molar-refractivity contribution < 1.29 is 13.2 Å². The number of nitrogens with zero attached hydrogens (tertiary/aromatic N) is 3. The van der Waals surface area contributed by atoms with E-state index in [4.69, 9.17) is 0 Å². The largest absolute Gasteiger partial charge is 0.451 e. The van der Waals surface area contributed by atoms with Crippen molar-refractivity contribution in [3.05, 3.63) is 11.9 Å². The zero-order valence-corrected chi connectivity index (χ0v) is 12.4. The van der Waals surface area contributed by atoms with Gasteiger partial charge in [-0.15, -0.1) is 0 Å². The summed E-state index contributed by atoms with van der Waals surface area (Å²) < 4.78 is 38.8. The predicted octanol–water partition coefficient (Wildman–Crippen LogP) is 3.55. The van der Waals surface area contributed by atoms with Crippen LogP contribution in [0.2, 0.25) is 0 Å². The van der Waals surface area contributed by atoms with E-state index >= 15 is 0 Å². The number of hydrogen-bond donors (Lipinski definition) is 1. The Morgan fingerprint density at radius 2 is 2.00 bits per heavy atom. The summed E-state index contributed by atoms with van der Waals surface area (Å²) >= 11 is 0. The molecular formula is C14H21F3N4. The van der Waals surface area contributed by atoms with Crippen molar-refractivity contribution in [3.8, 4) is 0 Å². The highest BCUT2D eigenvalue weighted by Gasteiger charge is 2.36. The van der Waals surface area contributed by atoms with Crippen LogP contribution in [-0.4, -0.2) is 29.6 Å². The Morgan fingerprint density at radius 3 is 2.52 bits per heavy atom. The number of hydrogen-bond acceptors (Lipinski definition) is 4. The van der Waals surface area contributed by atoms with Crippen LogP contribution >= 0.6 is 0 Å². The van der Waals surface area contributed by atoms with E-state index < -0.39 is 12.0 Å². The first-order chi connectivity index (χ1) is 9.94. The van der Waals surface area contributed by atoms with Gasteiger partial charge in [-0.3, -0.25) is 0 Å². The summed E-state index contributed by atoms with van der Waals surface area (Å²) in [6, 6.07) is 1.61. The Kier molecular flexibility index (Phi) is 4.90. The molecule has 0 radical (unpaired) electrons. The van der Waals surface area contributed by atoms with Gasteiger partial charge in [-0.1, -0.05) is 6.92 Å². The SMILES string of the molecule is CCCN(CC1CC1)c1cc(NCC)nc(C(F)(F)F)n1. The van der Waals surface area contributed by atoms with E-state index in [2.05, 4.69) is 15.3 Å². The lowest BCUT2D eigenvalue weighted by Crippen LogP contribution is -2.29. The molecule has 1 saturated carbocycles. The van der Waals surface area contributed by atoms with Gasteiger partial charge >= 0.3 is 6.18 Å². The van der Waals surface area contributed by atoms with Crippen LogP contribution < -0.4 is 10.2 Å². The summed E-state index contributed by atoms with van der Waals surface area (Å²) in [6.45, 7) is 5.83. The van der Waals surface area contributed by atoms with E-state index in [9.17, 15) is 13.2 Å². The molecular weight excluding hydrogens is 281 g/mol. The summed E-state index contributed by atoms with van der Waals surface area (Å²) in [6.07, 6.45) is -1.36. The molecule has 1 aliphatic carbocycles. The van der Waals surface area contributed by atoms with Crippen LogP contribution in [-0.2, 0) is 6.18 Å². The maximum absolute atomic E-state index is 12.9. The summed E-state index contributed by atoms with van der Waals surface area (Å²) in [5.74, 6) is 0.102. The highest BCUT2D eigenvalue weighted by molar-refractivity contribution is 5.50. The van der Waals surface area contributed by atoms with Crippen molar-refractivity contribution in [2.45, 2.75) is 39.3 Å². The Hall–Kier alpha value is -1.53. The van der Waals surface area contributed by atoms with Gasteiger partial charge < -0.3 is 10.2 Å². The maximum atomic E-state index is 12.9. The van der Waals surface area contributed by atoms with Crippen molar-refractivity contribution in [1.29, 1.82) is 0 Å². The average Bonchev–Trinajstić information content (AvgIpc) is 3.21. The Labute approximate surface area is 122 Å². The maximum Gasteiger partial charge on any atom is 0.451 e. The fraction of sp³-hybridized carbons (Fsp3) is 0.714. The fourth-order valence-electron chi connectivity index (χ4n) is 2.18. The molecule has 0 amide bonds. The monoisotopic (exact) mass is 302 g/mol. The number of rotatable bonds is 7. The third-order valence-electron chi connectivity index (χ3n) is 3.32. The molecule has 1 aliphatic rings. The van der Waals surface area contributed by atoms with Crippen molar-refractivity contribution in [3.63, 3.8) is 0 Å². The fourth-order valence-corrected chi connectivity index (χ4v) is 2.18. The molecule has 0 unspecified atom stereocenters. The van der Waals surface area contributed by atoms with Crippen molar-refractivity contribution in [1.82, 2.24) is 9.97 Å². The van der Waals surface area contributed by atoms with Gasteiger partial charge in [0.2, 0.25) is 5.82 Å². The average molecular weight is 302 g/mol. The molecule has 4 nitrogen and oxygen atoms in total. The zero-order chi connectivity index (χ0) is 15.5.